The third kappa shape index (κ3) is 2.19. The van der Waals surface area contributed by atoms with Gasteiger partial charge in [-0.05, 0) is 99.2 Å². The zero-order valence-corrected chi connectivity index (χ0v) is 15.3. The SMILES string of the molecule is CC(=O)[C@H]1CC[C@H]2[C@@H]3CC[C@@H]4C[C@H](N)CC[C@]4(C)[C@H]3CC[C@]12C. The van der Waals surface area contributed by atoms with Crippen LogP contribution in [-0.4, -0.2) is 11.8 Å². The van der Waals surface area contributed by atoms with Gasteiger partial charge in [-0.15, -0.1) is 0 Å². The molecular weight excluding hydrogens is 282 g/mol. The Morgan fingerprint density at radius 3 is 2.35 bits per heavy atom. The summed E-state index contributed by atoms with van der Waals surface area (Å²) in [7, 11) is 0. The first kappa shape index (κ1) is 16.1. The summed E-state index contributed by atoms with van der Waals surface area (Å²) in [6.45, 7) is 6.89. The zero-order valence-electron chi connectivity index (χ0n) is 15.3. The zero-order chi connectivity index (χ0) is 16.4. The van der Waals surface area contributed by atoms with Gasteiger partial charge in [-0.2, -0.15) is 0 Å². The summed E-state index contributed by atoms with van der Waals surface area (Å²) in [6.07, 6.45) is 11.8. The number of hydrogen-bond acceptors (Lipinski definition) is 2. The van der Waals surface area contributed by atoms with Crippen LogP contribution in [0, 0.1) is 40.4 Å². The van der Waals surface area contributed by atoms with E-state index in [9.17, 15) is 4.79 Å². The Hall–Kier alpha value is -0.370. The fraction of sp³-hybridized carbons (Fsp3) is 0.952. The minimum atomic E-state index is 0.307. The van der Waals surface area contributed by atoms with Crippen molar-refractivity contribution in [2.24, 2.45) is 46.2 Å². The molecule has 4 aliphatic rings. The molecule has 2 nitrogen and oxygen atoms in total. The van der Waals surface area contributed by atoms with Crippen molar-refractivity contribution in [2.75, 3.05) is 0 Å². The smallest absolute Gasteiger partial charge is 0.133 e. The molecule has 0 radical (unpaired) electrons. The number of hydrogen-bond donors (Lipinski definition) is 1. The van der Waals surface area contributed by atoms with E-state index in [0.29, 0.717) is 28.6 Å². The van der Waals surface area contributed by atoms with Crippen molar-refractivity contribution in [3.63, 3.8) is 0 Å². The van der Waals surface area contributed by atoms with Crippen LogP contribution in [0.4, 0.5) is 0 Å². The molecule has 130 valence electrons. The Bertz CT molecular complexity index is 502. The minimum absolute atomic E-state index is 0.307. The van der Waals surface area contributed by atoms with Gasteiger partial charge in [0, 0.05) is 12.0 Å². The first-order valence-electron chi connectivity index (χ1n) is 10.1. The maximum absolute atomic E-state index is 12.2. The Kier molecular flexibility index (Phi) is 3.72. The van der Waals surface area contributed by atoms with E-state index in [2.05, 4.69) is 13.8 Å². The summed E-state index contributed by atoms with van der Waals surface area (Å²) in [5.41, 5.74) is 7.13. The molecule has 0 aromatic heterocycles. The molecule has 0 unspecified atom stereocenters. The quantitative estimate of drug-likeness (QED) is 0.770. The van der Waals surface area contributed by atoms with Crippen LogP contribution in [0.2, 0.25) is 0 Å². The lowest BCUT2D eigenvalue weighted by Gasteiger charge is -2.61. The van der Waals surface area contributed by atoms with Crippen molar-refractivity contribution in [3.05, 3.63) is 0 Å². The molecule has 4 aliphatic carbocycles. The number of carbonyl (C=O) groups excluding carboxylic acids is 1. The topological polar surface area (TPSA) is 43.1 Å². The normalized spacial score (nSPS) is 55.7. The van der Waals surface area contributed by atoms with E-state index >= 15 is 0 Å². The maximum Gasteiger partial charge on any atom is 0.133 e. The summed E-state index contributed by atoms with van der Waals surface area (Å²) in [4.78, 5) is 12.2. The minimum Gasteiger partial charge on any atom is -0.328 e. The summed E-state index contributed by atoms with van der Waals surface area (Å²) in [5, 5.41) is 0. The van der Waals surface area contributed by atoms with Gasteiger partial charge in [0.15, 0.2) is 0 Å². The molecule has 8 atom stereocenters. The first-order valence-corrected chi connectivity index (χ1v) is 10.1. The molecule has 0 aromatic carbocycles. The molecule has 0 saturated heterocycles. The largest absolute Gasteiger partial charge is 0.328 e. The molecule has 0 spiro atoms. The molecule has 0 amide bonds. The number of fused-ring (bicyclic) bond motifs is 5. The van der Waals surface area contributed by atoms with E-state index in [0.717, 1.165) is 30.1 Å². The summed E-state index contributed by atoms with van der Waals surface area (Å²) in [6, 6.07) is 0.451. The van der Waals surface area contributed by atoms with Gasteiger partial charge in [0.05, 0.1) is 0 Å². The second-order valence-corrected chi connectivity index (χ2v) is 9.98. The maximum atomic E-state index is 12.2. The van der Waals surface area contributed by atoms with Crippen LogP contribution >= 0.6 is 0 Å². The van der Waals surface area contributed by atoms with Crippen LogP contribution in [0.15, 0.2) is 0 Å². The summed E-state index contributed by atoms with van der Waals surface area (Å²) >= 11 is 0. The Morgan fingerprint density at radius 2 is 1.61 bits per heavy atom. The molecule has 0 heterocycles. The Labute approximate surface area is 142 Å². The third-order valence-electron chi connectivity index (χ3n) is 9.20. The van der Waals surface area contributed by atoms with Gasteiger partial charge < -0.3 is 5.73 Å². The molecule has 23 heavy (non-hydrogen) atoms. The molecule has 0 bridgehead atoms. The van der Waals surface area contributed by atoms with Crippen LogP contribution in [0.3, 0.4) is 0 Å². The number of rotatable bonds is 1. The highest BCUT2D eigenvalue weighted by atomic mass is 16.1. The molecule has 2 N–H and O–H groups in total. The number of nitrogens with two attached hydrogens (primary N) is 1. The monoisotopic (exact) mass is 317 g/mol. The van der Waals surface area contributed by atoms with Crippen LogP contribution in [-0.2, 0) is 4.79 Å². The molecule has 0 aromatic rings. The highest BCUT2D eigenvalue weighted by Crippen LogP contribution is 2.67. The van der Waals surface area contributed by atoms with E-state index in [4.69, 9.17) is 5.73 Å². The van der Waals surface area contributed by atoms with Crippen molar-refractivity contribution < 1.29 is 4.79 Å². The molecule has 2 heteroatoms. The number of carbonyl (C=O) groups is 1. The molecule has 4 saturated carbocycles. The van der Waals surface area contributed by atoms with Gasteiger partial charge in [0.2, 0.25) is 0 Å². The molecule has 4 fully saturated rings. The Balaban J connectivity index is 1.61. The summed E-state index contributed by atoms with van der Waals surface area (Å²) < 4.78 is 0. The van der Waals surface area contributed by atoms with Crippen molar-refractivity contribution in [1.29, 1.82) is 0 Å². The second kappa shape index (κ2) is 5.31. The lowest BCUT2D eigenvalue weighted by molar-refractivity contribution is -0.134. The number of ketones is 1. The van der Waals surface area contributed by atoms with Gasteiger partial charge in [-0.25, -0.2) is 0 Å². The predicted octanol–water partition coefficient (Wildman–Crippen LogP) is 4.56. The van der Waals surface area contributed by atoms with Crippen molar-refractivity contribution in [2.45, 2.75) is 84.6 Å². The summed E-state index contributed by atoms with van der Waals surface area (Å²) in [5.74, 6) is 4.26. The van der Waals surface area contributed by atoms with Gasteiger partial charge in [0.1, 0.15) is 5.78 Å². The average molecular weight is 318 g/mol. The van der Waals surface area contributed by atoms with Crippen molar-refractivity contribution in [1.82, 2.24) is 0 Å². The van der Waals surface area contributed by atoms with E-state index in [1.54, 1.807) is 0 Å². The van der Waals surface area contributed by atoms with E-state index in [1.165, 1.54) is 51.4 Å². The molecular formula is C21H35NO. The van der Waals surface area contributed by atoms with Gasteiger partial charge in [-0.3, -0.25) is 4.79 Å². The fourth-order valence-electron chi connectivity index (χ4n) is 7.96. The third-order valence-corrected chi connectivity index (χ3v) is 9.20. The first-order chi connectivity index (χ1) is 10.9. The van der Waals surface area contributed by atoms with Crippen LogP contribution in [0.1, 0.15) is 78.6 Å². The van der Waals surface area contributed by atoms with E-state index in [-0.39, 0.29) is 0 Å². The molecule has 4 rings (SSSR count). The van der Waals surface area contributed by atoms with Crippen molar-refractivity contribution >= 4 is 5.78 Å². The highest BCUT2D eigenvalue weighted by molar-refractivity contribution is 5.79. The average Bonchev–Trinajstić information content (AvgIpc) is 2.85. The van der Waals surface area contributed by atoms with E-state index in [1.807, 2.05) is 6.92 Å². The van der Waals surface area contributed by atoms with Crippen molar-refractivity contribution in [3.8, 4) is 0 Å². The van der Waals surface area contributed by atoms with Crippen LogP contribution < -0.4 is 5.73 Å². The van der Waals surface area contributed by atoms with Gasteiger partial charge >= 0.3 is 0 Å². The lowest BCUT2D eigenvalue weighted by atomic mass is 9.44. The highest BCUT2D eigenvalue weighted by Gasteiger charge is 2.60. The predicted molar refractivity (Wildman–Crippen MR) is 93.9 cm³/mol. The fourth-order valence-corrected chi connectivity index (χ4v) is 7.96. The number of Topliss-reactive ketones (excluding diaryl/α,β-unsaturated/α-hetero) is 1. The van der Waals surface area contributed by atoms with Crippen LogP contribution in [0.25, 0.3) is 0 Å². The van der Waals surface area contributed by atoms with Crippen LogP contribution in [0.5, 0.6) is 0 Å². The standard InChI is InChI=1S/C21H35NO/c1-13(23)17-6-7-18-16-5-4-14-12-15(22)8-10-20(14,2)19(16)9-11-21(17,18)3/h14-19H,4-12,22H2,1-3H3/t14-,15-,16+,17-,18+,19+,20+,21-/m1/s1. The lowest BCUT2D eigenvalue weighted by Crippen LogP contribution is -2.54. The Morgan fingerprint density at radius 1 is 0.913 bits per heavy atom. The second-order valence-electron chi connectivity index (χ2n) is 9.98. The molecule has 0 aliphatic heterocycles. The van der Waals surface area contributed by atoms with Gasteiger partial charge in [0.25, 0.3) is 0 Å². The van der Waals surface area contributed by atoms with Gasteiger partial charge in [-0.1, -0.05) is 13.8 Å². The van der Waals surface area contributed by atoms with E-state index < -0.39 is 0 Å².